The summed E-state index contributed by atoms with van der Waals surface area (Å²) in [7, 11) is 0. The second kappa shape index (κ2) is 11.4. The molecule has 7 aromatic carbocycles. The Morgan fingerprint density at radius 2 is 0.783 bits per heavy atom. The average Bonchev–Trinajstić information content (AvgIpc) is 3.35. The summed E-state index contributed by atoms with van der Waals surface area (Å²) in [4.78, 5) is 2.41. The van der Waals surface area contributed by atoms with Crippen LogP contribution in [0.5, 0.6) is 0 Å². The van der Waals surface area contributed by atoms with E-state index in [1.54, 1.807) is 0 Å². The van der Waals surface area contributed by atoms with Crippen LogP contribution >= 0.6 is 0 Å². The molecule has 1 nitrogen and oxygen atoms in total. The third-order valence-electron chi connectivity index (χ3n) is 9.49. The summed E-state index contributed by atoms with van der Waals surface area (Å²) < 4.78 is 0. The lowest BCUT2D eigenvalue weighted by molar-refractivity contribution is 0.660. The van der Waals surface area contributed by atoms with Gasteiger partial charge in [-0.05, 0) is 92.0 Å². The highest BCUT2D eigenvalue weighted by Gasteiger charge is 2.35. The van der Waals surface area contributed by atoms with Crippen molar-refractivity contribution in [3.8, 4) is 44.5 Å². The zero-order valence-corrected chi connectivity index (χ0v) is 26.2. The molecule has 0 atom stereocenters. The van der Waals surface area contributed by atoms with E-state index in [4.69, 9.17) is 0 Å². The molecule has 220 valence electrons. The van der Waals surface area contributed by atoms with E-state index < -0.39 is 0 Å². The molecule has 8 rings (SSSR count). The molecule has 0 spiro atoms. The van der Waals surface area contributed by atoms with Crippen molar-refractivity contribution >= 4 is 17.1 Å². The quantitative estimate of drug-likeness (QED) is 0.186. The number of hydrogen-bond donors (Lipinski definition) is 0. The molecular weight excluding hydrogens is 555 g/mol. The Kier molecular flexibility index (Phi) is 6.88. The predicted molar refractivity (Wildman–Crippen MR) is 195 cm³/mol. The molecule has 0 saturated carbocycles. The molecule has 0 bridgehead atoms. The van der Waals surface area contributed by atoms with Crippen molar-refractivity contribution in [2.75, 3.05) is 4.90 Å². The molecule has 46 heavy (non-hydrogen) atoms. The number of fused-ring (bicyclic) bond motifs is 3. The van der Waals surface area contributed by atoms with Crippen LogP contribution in [0.4, 0.5) is 17.1 Å². The van der Waals surface area contributed by atoms with Crippen LogP contribution in [0.25, 0.3) is 44.5 Å². The lowest BCUT2D eigenvalue weighted by atomic mass is 9.82. The van der Waals surface area contributed by atoms with Crippen LogP contribution in [0.2, 0.25) is 0 Å². The van der Waals surface area contributed by atoms with E-state index in [1.807, 2.05) is 0 Å². The molecule has 0 amide bonds. The van der Waals surface area contributed by atoms with Gasteiger partial charge < -0.3 is 4.90 Å². The van der Waals surface area contributed by atoms with E-state index in [9.17, 15) is 0 Å². The van der Waals surface area contributed by atoms with Gasteiger partial charge in [-0.15, -0.1) is 0 Å². The van der Waals surface area contributed by atoms with Gasteiger partial charge in [0.1, 0.15) is 0 Å². The fraction of sp³-hybridized carbons (Fsp3) is 0.0667. The third-order valence-corrected chi connectivity index (χ3v) is 9.49. The van der Waals surface area contributed by atoms with E-state index in [2.05, 4.69) is 195 Å². The Morgan fingerprint density at radius 3 is 1.43 bits per heavy atom. The van der Waals surface area contributed by atoms with Gasteiger partial charge in [0.05, 0.1) is 0 Å². The smallest absolute Gasteiger partial charge is 0.0468 e. The first kappa shape index (κ1) is 27.9. The highest BCUT2D eigenvalue weighted by atomic mass is 15.1. The van der Waals surface area contributed by atoms with E-state index in [1.165, 1.54) is 55.6 Å². The zero-order chi connectivity index (χ0) is 31.1. The van der Waals surface area contributed by atoms with Gasteiger partial charge in [-0.1, -0.05) is 153 Å². The maximum absolute atomic E-state index is 2.41. The maximum atomic E-state index is 2.41. The van der Waals surface area contributed by atoms with Crippen LogP contribution in [-0.4, -0.2) is 0 Å². The summed E-state index contributed by atoms with van der Waals surface area (Å²) in [6.07, 6.45) is 0. The van der Waals surface area contributed by atoms with Crippen molar-refractivity contribution < 1.29 is 0 Å². The minimum Gasteiger partial charge on any atom is -0.310 e. The van der Waals surface area contributed by atoms with Crippen LogP contribution in [0.15, 0.2) is 176 Å². The van der Waals surface area contributed by atoms with Gasteiger partial charge in [-0.2, -0.15) is 0 Å². The summed E-state index contributed by atoms with van der Waals surface area (Å²) in [5, 5.41) is 0. The molecule has 0 unspecified atom stereocenters. The van der Waals surface area contributed by atoms with Crippen molar-refractivity contribution in [3.63, 3.8) is 0 Å². The van der Waals surface area contributed by atoms with Crippen LogP contribution in [0, 0.1) is 0 Å². The van der Waals surface area contributed by atoms with Crippen LogP contribution in [0.3, 0.4) is 0 Å². The van der Waals surface area contributed by atoms with Crippen LogP contribution in [0.1, 0.15) is 25.0 Å². The second-order valence-corrected chi connectivity index (χ2v) is 12.6. The molecule has 0 aromatic heterocycles. The maximum Gasteiger partial charge on any atom is 0.0468 e. The van der Waals surface area contributed by atoms with Gasteiger partial charge >= 0.3 is 0 Å². The fourth-order valence-corrected chi connectivity index (χ4v) is 7.11. The highest BCUT2D eigenvalue weighted by Crippen LogP contribution is 2.51. The molecule has 1 heteroatoms. The lowest BCUT2D eigenvalue weighted by Gasteiger charge is -2.29. The number of rotatable bonds is 6. The van der Waals surface area contributed by atoms with E-state index in [0.29, 0.717) is 0 Å². The first-order valence-corrected chi connectivity index (χ1v) is 16.0. The van der Waals surface area contributed by atoms with Crippen LogP contribution in [-0.2, 0) is 5.41 Å². The Morgan fingerprint density at radius 1 is 0.326 bits per heavy atom. The Bertz CT molecular complexity index is 2140. The molecule has 0 fully saturated rings. The minimum absolute atomic E-state index is 0.0862. The summed E-state index contributed by atoms with van der Waals surface area (Å²) in [6, 6.07) is 63.8. The number of hydrogen-bond acceptors (Lipinski definition) is 1. The summed E-state index contributed by atoms with van der Waals surface area (Å²) in [5.41, 5.74) is 16.0. The largest absolute Gasteiger partial charge is 0.310 e. The Balaban J connectivity index is 1.32. The monoisotopic (exact) mass is 589 g/mol. The Labute approximate surface area is 272 Å². The SMILES string of the molecule is CC1(C)c2ccccc2-c2ccc(N(c3ccc(-c4ccccc4)cc3)c3ccc(-c4ccccc4)c(-c4ccccc4)c3)cc21. The van der Waals surface area contributed by atoms with Gasteiger partial charge in [0.25, 0.3) is 0 Å². The lowest BCUT2D eigenvalue weighted by Crippen LogP contribution is -2.16. The first-order chi connectivity index (χ1) is 22.6. The van der Waals surface area contributed by atoms with Crippen LogP contribution < -0.4 is 4.90 Å². The Hall–Kier alpha value is -5.66. The molecule has 0 aliphatic heterocycles. The van der Waals surface area contributed by atoms with E-state index in [-0.39, 0.29) is 5.41 Å². The van der Waals surface area contributed by atoms with Gasteiger partial charge in [0, 0.05) is 22.5 Å². The van der Waals surface area contributed by atoms with Crippen molar-refractivity contribution in [1.29, 1.82) is 0 Å². The first-order valence-electron chi connectivity index (χ1n) is 16.0. The van der Waals surface area contributed by atoms with E-state index in [0.717, 1.165) is 17.1 Å². The molecule has 0 saturated heterocycles. The topological polar surface area (TPSA) is 3.24 Å². The molecule has 0 heterocycles. The predicted octanol–water partition coefficient (Wildman–Crippen LogP) is 12.5. The minimum atomic E-state index is -0.0862. The third kappa shape index (κ3) is 4.82. The van der Waals surface area contributed by atoms with Gasteiger partial charge in [0.2, 0.25) is 0 Å². The van der Waals surface area contributed by atoms with Crippen molar-refractivity contribution in [3.05, 3.63) is 187 Å². The number of nitrogens with zero attached hydrogens (tertiary/aromatic N) is 1. The van der Waals surface area contributed by atoms with Gasteiger partial charge in [0.15, 0.2) is 0 Å². The average molecular weight is 590 g/mol. The van der Waals surface area contributed by atoms with E-state index >= 15 is 0 Å². The molecule has 0 radical (unpaired) electrons. The normalized spacial score (nSPS) is 12.7. The number of anilines is 3. The van der Waals surface area contributed by atoms with Crippen molar-refractivity contribution in [1.82, 2.24) is 0 Å². The molecule has 0 N–H and O–H groups in total. The fourth-order valence-electron chi connectivity index (χ4n) is 7.11. The van der Waals surface area contributed by atoms with Crippen molar-refractivity contribution in [2.45, 2.75) is 19.3 Å². The molecule has 1 aliphatic rings. The standard InChI is InChI=1S/C45H35N/c1-45(2)43-21-13-12-20-40(43)41-29-27-38(31-44(41)45)46(36-24-22-33(23-25-36)32-14-6-3-7-15-32)37-26-28-39(34-16-8-4-9-17-34)42(30-37)35-18-10-5-11-19-35/h3-31H,1-2H3. The zero-order valence-electron chi connectivity index (χ0n) is 26.2. The van der Waals surface area contributed by atoms with Gasteiger partial charge in [-0.3, -0.25) is 0 Å². The van der Waals surface area contributed by atoms with Gasteiger partial charge in [-0.25, -0.2) is 0 Å². The molecular formula is C45H35N. The summed E-state index contributed by atoms with van der Waals surface area (Å²) in [5.74, 6) is 0. The summed E-state index contributed by atoms with van der Waals surface area (Å²) in [6.45, 7) is 4.70. The molecule has 7 aromatic rings. The van der Waals surface area contributed by atoms with Crippen molar-refractivity contribution in [2.24, 2.45) is 0 Å². The number of benzene rings is 7. The summed E-state index contributed by atoms with van der Waals surface area (Å²) >= 11 is 0. The molecule has 1 aliphatic carbocycles. The highest BCUT2D eigenvalue weighted by molar-refractivity contribution is 5.90. The second-order valence-electron chi connectivity index (χ2n) is 12.6.